The largest absolute Gasteiger partial charge is 0.462 e. The van der Waals surface area contributed by atoms with Crippen molar-refractivity contribution < 1.29 is 17.9 Å². The molecule has 0 aliphatic rings. The Hall–Kier alpha value is -2.41. The van der Waals surface area contributed by atoms with Crippen LogP contribution in [0.2, 0.25) is 0 Å². The SMILES string of the molecule is CCCOC(=O)c1ccc(S(=O)(=O)Nc2ccncc2)cc1. The Labute approximate surface area is 129 Å². The van der Waals surface area contributed by atoms with Crippen LogP contribution in [0.4, 0.5) is 5.69 Å². The summed E-state index contributed by atoms with van der Waals surface area (Å²) in [6.45, 7) is 2.23. The van der Waals surface area contributed by atoms with E-state index in [1.54, 1.807) is 12.1 Å². The molecule has 0 aliphatic carbocycles. The molecule has 2 rings (SSSR count). The Morgan fingerprint density at radius 1 is 1.14 bits per heavy atom. The molecule has 1 aromatic carbocycles. The molecule has 0 fully saturated rings. The molecular weight excluding hydrogens is 304 g/mol. The molecule has 116 valence electrons. The Balaban J connectivity index is 2.14. The second kappa shape index (κ2) is 7.04. The average molecular weight is 320 g/mol. The van der Waals surface area contributed by atoms with Gasteiger partial charge in [-0.1, -0.05) is 6.92 Å². The molecule has 6 nitrogen and oxygen atoms in total. The molecule has 2 aromatic rings. The minimum absolute atomic E-state index is 0.0661. The van der Waals surface area contributed by atoms with Crippen LogP contribution in [-0.2, 0) is 14.8 Å². The lowest BCUT2D eigenvalue weighted by molar-refractivity contribution is 0.0505. The lowest BCUT2D eigenvalue weighted by Gasteiger charge is -2.08. The van der Waals surface area contributed by atoms with Crippen LogP contribution in [0.1, 0.15) is 23.7 Å². The first-order valence-corrected chi connectivity index (χ1v) is 8.21. The van der Waals surface area contributed by atoms with E-state index in [0.717, 1.165) is 6.42 Å². The Bertz CT molecular complexity index is 728. The Morgan fingerprint density at radius 2 is 1.77 bits per heavy atom. The van der Waals surface area contributed by atoms with Crippen molar-refractivity contribution in [3.63, 3.8) is 0 Å². The fraction of sp³-hybridized carbons (Fsp3) is 0.200. The van der Waals surface area contributed by atoms with Crippen molar-refractivity contribution in [1.29, 1.82) is 0 Å². The molecule has 1 N–H and O–H groups in total. The number of nitrogens with one attached hydrogen (secondary N) is 1. The van der Waals surface area contributed by atoms with Gasteiger partial charge in [-0.3, -0.25) is 9.71 Å². The zero-order valence-electron chi connectivity index (χ0n) is 12.0. The normalized spacial score (nSPS) is 11.0. The van der Waals surface area contributed by atoms with Crippen molar-refractivity contribution in [2.45, 2.75) is 18.2 Å². The van der Waals surface area contributed by atoms with Crippen LogP contribution >= 0.6 is 0 Å². The molecule has 0 amide bonds. The van der Waals surface area contributed by atoms with Gasteiger partial charge in [-0.2, -0.15) is 0 Å². The highest BCUT2D eigenvalue weighted by Crippen LogP contribution is 2.16. The average Bonchev–Trinajstić information content (AvgIpc) is 2.53. The number of carbonyl (C=O) groups is 1. The number of rotatable bonds is 6. The fourth-order valence-electron chi connectivity index (χ4n) is 1.68. The van der Waals surface area contributed by atoms with Crippen molar-refractivity contribution >= 4 is 21.7 Å². The van der Waals surface area contributed by atoms with Gasteiger partial charge in [0.05, 0.1) is 22.8 Å². The van der Waals surface area contributed by atoms with Gasteiger partial charge in [-0.15, -0.1) is 0 Å². The highest BCUT2D eigenvalue weighted by Gasteiger charge is 2.15. The number of anilines is 1. The van der Waals surface area contributed by atoms with Gasteiger partial charge < -0.3 is 4.74 Å². The third kappa shape index (κ3) is 4.05. The minimum atomic E-state index is -3.70. The number of esters is 1. The summed E-state index contributed by atoms with van der Waals surface area (Å²) in [7, 11) is -3.70. The van der Waals surface area contributed by atoms with Gasteiger partial charge in [0.1, 0.15) is 0 Å². The molecule has 0 unspecified atom stereocenters. The van der Waals surface area contributed by atoms with Gasteiger partial charge >= 0.3 is 5.97 Å². The van der Waals surface area contributed by atoms with Crippen LogP contribution in [0.3, 0.4) is 0 Å². The van der Waals surface area contributed by atoms with Gasteiger partial charge in [0.15, 0.2) is 0 Å². The number of ether oxygens (including phenoxy) is 1. The van der Waals surface area contributed by atoms with Gasteiger partial charge in [0, 0.05) is 12.4 Å². The third-order valence-corrected chi connectivity index (χ3v) is 4.17. The topological polar surface area (TPSA) is 85.4 Å². The van der Waals surface area contributed by atoms with Crippen LogP contribution in [0.5, 0.6) is 0 Å². The number of nitrogens with zero attached hydrogens (tertiary/aromatic N) is 1. The summed E-state index contributed by atoms with van der Waals surface area (Å²) in [6, 6.07) is 8.69. The number of sulfonamides is 1. The van der Waals surface area contributed by atoms with Crippen LogP contribution < -0.4 is 4.72 Å². The van der Waals surface area contributed by atoms with Gasteiger partial charge in [-0.25, -0.2) is 13.2 Å². The van der Waals surface area contributed by atoms with Gasteiger partial charge in [-0.05, 0) is 42.8 Å². The summed E-state index contributed by atoms with van der Waals surface area (Å²) in [5.74, 6) is -0.465. The molecule has 0 bridgehead atoms. The molecule has 22 heavy (non-hydrogen) atoms. The molecule has 0 atom stereocenters. The zero-order valence-corrected chi connectivity index (χ0v) is 12.8. The minimum Gasteiger partial charge on any atom is -0.462 e. The summed E-state index contributed by atoms with van der Waals surface area (Å²) < 4.78 is 31.8. The first-order chi connectivity index (χ1) is 10.5. The number of benzene rings is 1. The number of hydrogen-bond acceptors (Lipinski definition) is 5. The number of carbonyl (C=O) groups excluding carboxylic acids is 1. The zero-order chi connectivity index (χ0) is 16.0. The van der Waals surface area contributed by atoms with Crippen molar-refractivity contribution in [2.24, 2.45) is 0 Å². The van der Waals surface area contributed by atoms with Gasteiger partial charge in [0.2, 0.25) is 0 Å². The first kappa shape index (κ1) is 16.0. The Kier molecular flexibility index (Phi) is 5.11. The van der Waals surface area contributed by atoms with Crippen LogP contribution in [0, 0.1) is 0 Å². The lowest BCUT2D eigenvalue weighted by Crippen LogP contribution is -2.13. The lowest BCUT2D eigenvalue weighted by atomic mass is 10.2. The number of aromatic nitrogens is 1. The van der Waals surface area contributed by atoms with E-state index >= 15 is 0 Å². The van der Waals surface area contributed by atoms with E-state index in [1.807, 2.05) is 6.92 Å². The predicted octanol–water partition coefficient (Wildman–Crippen LogP) is 2.45. The van der Waals surface area contributed by atoms with E-state index in [4.69, 9.17) is 4.74 Å². The van der Waals surface area contributed by atoms with Crippen molar-refractivity contribution in [2.75, 3.05) is 11.3 Å². The molecule has 0 radical (unpaired) electrons. The van der Waals surface area contributed by atoms with E-state index < -0.39 is 16.0 Å². The van der Waals surface area contributed by atoms with Crippen LogP contribution in [-0.4, -0.2) is 26.0 Å². The maximum Gasteiger partial charge on any atom is 0.338 e. The van der Waals surface area contributed by atoms with E-state index in [-0.39, 0.29) is 4.90 Å². The third-order valence-electron chi connectivity index (χ3n) is 2.77. The maximum atomic E-state index is 12.2. The van der Waals surface area contributed by atoms with Gasteiger partial charge in [0.25, 0.3) is 10.0 Å². The molecule has 0 spiro atoms. The van der Waals surface area contributed by atoms with E-state index in [9.17, 15) is 13.2 Å². The summed E-state index contributed by atoms with van der Waals surface area (Å²) in [4.78, 5) is 15.5. The smallest absolute Gasteiger partial charge is 0.338 e. The van der Waals surface area contributed by atoms with Crippen molar-refractivity contribution in [1.82, 2.24) is 4.98 Å². The second-order valence-electron chi connectivity index (χ2n) is 4.50. The molecule has 7 heteroatoms. The van der Waals surface area contributed by atoms with Crippen LogP contribution in [0.15, 0.2) is 53.7 Å². The highest BCUT2D eigenvalue weighted by atomic mass is 32.2. The summed E-state index contributed by atoms with van der Waals surface area (Å²) in [5.41, 5.74) is 0.734. The summed E-state index contributed by atoms with van der Waals surface area (Å²) >= 11 is 0. The summed E-state index contributed by atoms with van der Waals surface area (Å²) in [5, 5.41) is 0. The standard InChI is InChI=1S/C15H16N2O4S/c1-2-11-21-15(18)12-3-5-14(6-4-12)22(19,20)17-13-7-9-16-10-8-13/h3-10H,2,11H2,1H3,(H,16,17). The number of hydrogen-bond donors (Lipinski definition) is 1. The quantitative estimate of drug-likeness (QED) is 0.826. The maximum absolute atomic E-state index is 12.2. The first-order valence-electron chi connectivity index (χ1n) is 6.73. The van der Waals surface area contributed by atoms with E-state index in [0.29, 0.717) is 17.9 Å². The second-order valence-corrected chi connectivity index (χ2v) is 6.18. The van der Waals surface area contributed by atoms with E-state index in [2.05, 4.69) is 9.71 Å². The van der Waals surface area contributed by atoms with E-state index in [1.165, 1.54) is 36.7 Å². The molecule has 0 aliphatic heterocycles. The molecule has 0 saturated heterocycles. The number of pyridine rings is 1. The molecule has 0 saturated carbocycles. The monoisotopic (exact) mass is 320 g/mol. The molecule has 1 heterocycles. The van der Waals surface area contributed by atoms with Crippen molar-refractivity contribution in [3.8, 4) is 0 Å². The fourth-order valence-corrected chi connectivity index (χ4v) is 2.74. The Morgan fingerprint density at radius 3 is 2.36 bits per heavy atom. The predicted molar refractivity (Wildman–Crippen MR) is 82.1 cm³/mol. The van der Waals surface area contributed by atoms with Crippen molar-refractivity contribution in [3.05, 3.63) is 54.4 Å². The molecule has 1 aromatic heterocycles. The highest BCUT2D eigenvalue weighted by molar-refractivity contribution is 7.92. The molecular formula is C15H16N2O4S. The van der Waals surface area contributed by atoms with Crippen LogP contribution in [0.25, 0.3) is 0 Å². The summed E-state index contributed by atoms with van der Waals surface area (Å²) in [6.07, 6.45) is 3.71.